The normalized spacial score (nSPS) is 14.7. The largest absolute Gasteiger partial charge is 0.379 e. The summed E-state index contributed by atoms with van der Waals surface area (Å²) in [7, 11) is 0. The molecule has 0 radical (unpaired) electrons. The van der Waals surface area contributed by atoms with Gasteiger partial charge in [0.15, 0.2) is 0 Å². The second kappa shape index (κ2) is 9.51. The van der Waals surface area contributed by atoms with Crippen molar-refractivity contribution in [3.05, 3.63) is 71.6 Å². The Morgan fingerprint density at radius 1 is 1.00 bits per heavy atom. The highest BCUT2D eigenvalue weighted by molar-refractivity contribution is 7.17. The molecule has 6 nitrogen and oxygen atoms in total. The van der Waals surface area contributed by atoms with E-state index < -0.39 is 0 Å². The smallest absolute Gasteiger partial charge is 0.146 e. The lowest BCUT2D eigenvalue weighted by Crippen LogP contribution is -2.36. The molecule has 4 heterocycles. The van der Waals surface area contributed by atoms with Gasteiger partial charge in [0, 0.05) is 48.9 Å². The van der Waals surface area contributed by atoms with Crippen LogP contribution < -0.4 is 5.32 Å². The maximum Gasteiger partial charge on any atom is 0.146 e. The number of morpholine rings is 1. The van der Waals surface area contributed by atoms with E-state index in [1.807, 2.05) is 24.4 Å². The number of hydrogen-bond acceptors (Lipinski definition) is 7. The Bertz CT molecular complexity index is 1130. The number of hydrogen-bond donors (Lipinski definition) is 1. The molecule has 1 saturated heterocycles. The first kappa shape index (κ1) is 20.1. The predicted molar refractivity (Wildman–Crippen MR) is 125 cm³/mol. The molecule has 1 aliphatic heterocycles. The second-order valence-electron chi connectivity index (χ2n) is 7.57. The van der Waals surface area contributed by atoms with Gasteiger partial charge in [-0.1, -0.05) is 36.4 Å². The molecule has 0 amide bonds. The Hall–Kier alpha value is -2.87. The third-order valence-corrected chi connectivity index (χ3v) is 6.31. The van der Waals surface area contributed by atoms with Gasteiger partial charge in [0.2, 0.25) is 0 Å². The van der Waals surface area contributed by atoms with E-state index in [1.54, 1.807) is 11.3 Å². The Labute approximate surface area is 185 Å². The molecule has 0 unspecified atom stereocenters. The minimum absolute atomic E-state index is 0.743. The van der Waals surface area contributed by atoms with Crippen molar-refractivity contribution in [3.63, 3.8) is 0 Å². The van der Waals surface area contributed by atoms with Crippen molar-refractivity contribution < 1.29 is 4.74 Å². The molecule has 0 aliphatic carbocycles. The number of pyridine rings is 1. The van der Waals surface area contributed by atoms with Gasteiger partial charge in [-0.3, -0.25) is 9.88 Å². The molecule has 0 saturated carbocycles. The lowest BCUT2D eigenvalue weighted by molar-refractivity contribution is 0.0331. The molecule has 0 bridgehead atoms. The first-order valence-electron chi connectivity index (χ1n) is 10.6. The highest BCUT2D eigenvalue weighted by Crippen LogP contribution is 2.37. The van der Waals surface area contributed by atoms with Gasteiger partial charge in [0.05, 0.1) is 25.1 Å². The SMILES string of the molecule is c1ccc(-c2csc3nc(CN4CCOCC4)nc(NCCc4ccccn4)c23)cc1. The van der Waals surface area contributed by atoms with Crippen LogP contribution in [0.5, 0.6) is 0 Å². The maximum atomic E-state index is 5.48. The van der Waals surface area contributed by atoms with E-state index in [4.69, 9.17) is 14.7 Å². The first-order chi connectivity index (χ1) is 15.4. The summed E-state index contributed by atoms with van der Waals surface area (Å²) >= 11 is 1.68. The number of ether oxygens (including phenoxy) is 1. The highest BCUT2D eigenvalue weighted by atomic mass is 32.1. The van der Waals surface area contributed by atoms with Crippen LogP contribution in [0.4, 0.5) is 5.82 Å². The third-order valence-electron chi connectivity index (χ3n) is 5.43. The summed E-state index contributed by atoms with van der Waals surface area (Å²) in [6.45, 7) is 4.90. The van der Waals surface area contributed by atoms with Crippen molar-refractivity contribution in [1.82, 2.24) is 19.9 Å². The number of benzene rings is 1. The molecule has 1 aromatic carbocycles. The van der Waals surface area contributed by atoms with Crippen LogP contribution in [0.15, 0.2) is 60.1 Å². The van der Waals surface area contributed by atoms with E-state index in [9.17, 15) is 0 Å². The van der Waals surface area contributed by atoms with Crippen LogP contribution in [0.1, 0.15) is 11.5 Å². The number of aromatic nitrogens is 3. The Morgan fingerprint density at radius 3 is 2.65 bits per heavy atom. The van der Waals surface area contributed by atoms with Crippen LogP contribution in [0, 0.1) is 0 Å². The minimum atomic E-state index is 0.743. The van der Waals surface area contributed by atoms with Gasteiger partial charge in [0.25, 0.3) is 0 Å². The Morgan fingerprint density at radius 2 is 1.84 bits per heavy atom. The molecule has 1 fully saturated rings. The summed E-state index contributed by atoms with van der Waals surface area (Å²) in [6.07, 6.45) is 2.68. The van der Waals surface area contributed by atoms with Crippen LogP contribution >= 0.6 is 11.3 Å². The van der Waals surface area contributed by atoms with Crippen LogP contribution in [0.25, 0.3) is 21.3 Å². The quantitative estimate of drug-likeness (QED) is 0.472. The summed E-state index contributed by atoms with van der Waals surface area (Å²) < 4.78 is 5.48. The van der Waals surface area contributed by atoms with Gasteiger partial charge in [-0.05, 0) is 17.7 Å². The zero-order valence-electron chi connectivity index (χ0n) is 17.3. The molecule has 1 N–H and O–H groups in total. The summed E-state index contributed by atoms with van der Waals surface area (Å²) in [5.74, 6) is 1.76. The average Bonchev–Trinajstić information content (AvgIpc) is 3.25. The number of rotatable bonds is 7. The number of thiophene rings is 1. The molecule has 158 valence electrons. The molecular weight excluding hydrogens is 406 g/mol. The zero-order valence-corrected chi connectivity index (χ0v) is 18.1. The molecule has 7 heteroatoms. The number of fused-ring (bicyclic) bond motifs is 1. The van der Waals surface area contributed by atoms with Gasteiger partial charge in [-0.25, -0.2) is 9.97 Å². The molecule has 5 rings (SSSR count). The van der Waals surface area contributed by atoms with E-state index in [2.05, 4.69) is 50.9 Å². The molecule has 0 atom stereocenters. The van der Waals surface area contributed by atoms with E-state index in [0.717, 1.165) is 73.4 Å². The monoisotopic (exact) mass is 431 g/mol. The fraction of sp³-hybridized carbons (Fsp3) is 0.292. The van der Waals surface area contributed by atoms with E-state index >= 15 is 0 Å². The van der Waals surface area contributed by atoms with E-state index in [-0.39, 0.29) is 0 Å². The Kier molecular flexibility index (Phi) is 6.15. The molecular formula is C24H25N5OS. The van der Waals surface area contributed by atoms with Gasteiger partial charge in [-0.15, -0.1) is 11.3 Å². The minimum Gasteiger partial charge on any atom is -0.379 e. The predicted octanol–water partition coefficient (Wildman–Crippen LogP) is 4.24. The van der Waals surface area contributed by atoms with Gasteiger partial charge in [-0.2, -0.15) is 0 Å². The number of anilines is 1. The molecule has 0 spiro atoms. The topological polar surface area (TPSA) is 63.2 Å². The van der Waals surface area contributed by atoms with Gasteiger partial charge >= 0.3 is 0 Å². The lowest BCUT2D eigenvalue weighted by atomic mass is 10.1. The van der Waals surface area contributed by atoms with Crippen molar-refractivity contribution >= 4 is 27.4 Å². The molecule has 1 aliphatic rings. The van der Waals surface area contributed by atoms with Crippen LogP contribution in [-0.4, -0.2) is 52.7 Å². The van der Waals surface area contributed by atoms with Gasteiger partial charge < -0.3 is 10.1 Å². The maximum absolute atomic E-state index is 5.48. The van der Waals surface area contributed by atoms with Crippen molar-refractivity contribution in [2.75, 3.05) is 38.2 Å². The second-order valence-corrected chi connectivity index (χ2v) is 8.43. The molecule has 31 heavy (non-hydrogen) atoms. The summed E-state index contributed by atoms with van der Waals surface area (Å²) in [6, 6.07) is 16.5. The number of nitrogens with one attached hydrogen (secondary N) is 1. The summed E-state index contributed by atoms with van der Waals surface area (Å²) in [5.41, 5.74) is 3.44. The molecule has 3 aromatic heterocycles. The van der Waals surface area contributed by atoms with Crippen molar-refractivity contribution in [3.8, 4) is 11.1 Å². The van der Waals surface area contributed by atoms with Crippen LogP contribution in [-0.2, 0) is 17.7 Å². The van der Waals surface area contributed by atoms with E-state index in [1.165, 1.54) is 11.1 Å². The summed E-state index contributed by atoms with van der Waals surface area (Å²) in [5, 5.41) is 6.87. The highest BCUT2D eigenvalue weighted by Gasteiger charge is 2.18. The molecule has 4 aromatic rings. The van der Waals surface area contributed by atoms with Crippen molar-refractivity contribution in [2.24, 2.45) is 0 Å². The van der Waals surface area contributed by atoms with Crippen molar-refractivity contribution in [1.29, 1.82) is 0 Å². The lowest BCUT2D eigenvalue weighted by Gasteiger charge is -2.25. The number of nitrogens with zero attached hydrogens (tertiary/aromatic N) is 4. The van der Waals surface area contributed by atoms with Crippen LogP contribution in [0.2, 0.25) is 0 Å². The fourth-order valence-corrected chi connectivity index (χ4v) is 4.80. The third kappa shape index (κ3) is 4.74. The summed E-state index contributed by atoms with van der Waals surface area (Å²) in [4.78, 5) is 17.7. The van der Waals surface area contributed by atoms with Gasteiger partial charge in [0.1, 0.15) is 16.5 Å². The fourth-order valence-electron chi connectivity index (χ4n) is 3.83. The van der Waals surface area contributed by atoms with Crippen LogP contribution in [0.3, 0.4) is 0 Å². The average molecular weight is 432 g/mol. The zero-order chi connectivity index (χ0) is 20.9. The van der Waals surface area contributed by atoms with Crippen molar-refractivity contribution in [2.45, 2.75) is 13.0 Å². The Balaban J connectivity index is 1.46. The van der Waals surface area contributed by atoms with E-state index in [0.29, 0.717) is 0 Å². The standard InChI is InChI=1S/C24H25N5OS/c1-2-6-18(7-3-1)20-17-31-24-22(20)23(26-11-9-19-8-4-5-10-25-19)27-21(28-24)16-29-12-14-30-15-13-29/h1-8,10,17H,9,11-16H2,(H,26,27,28). The first-order valence-corrected chi connectivity index (χ1v) is 11.5.